The van der Waals surface area contributed by atoms with Crippen LogP contribution in [0.15, 0.2) is 0 Å². The Hall–Kier alpha value is 0.0249. The highest BCUT2D eigenvalue weighted by molar-refractivity contribution is 6.37. The first-order chi connectivity index (χ1) is 3.89. The Morgan fingerprint density at radius 2 is 2.38 bits per heavy atom. The summed E-state index contributed by atoms with van der Waals surface area (Å²) in [5, 5.41) is 3.38. The van der Waals surface area contributed by atoms with Gasteiger partial charge in [0.1, 0.15) is 7.28 Å². The first-order valence-corrected chi connectivity index (χ1v) is 3.60. The maximum absolute atomic E-state index is 3.38. The lowest BCUT2D eigenvalue weighted by molar-refractivity contribution is 0.684. The fourth-order valence-electron chi connectivity index (χ4n) is 1.19. The molecule has 0 bridgehead atoms. The topological polar surface area (TPSA) is 12.0 Å². The molecule has 0 amide bonds. The minimum Gasteiger partial charge on any atom is -0.317 e. The molecule has 0 spiro atoms. The number of hydrogen-bond donors (Lipinski definition) is 1. The van der Waals surface area contributed by atoms with Gasteiger partial charge in [0.25, 0.3) is 0 Å². The van der Waals surface area contributed by atoms with Crippen molar-refractivity contribution >= 4 is 7.28 Å². The summed E-state index contributed by atoms with van der Waals surface area (Å²) in [5.41, 5.74) is 0. The summed E-state index contributed by atoms with van der Waals surface area (Å²) in [4.78, 5) is 0. The number of rotatable bonds is 0. The van der Waals surface area contributed by atoms with E-state index in [2.05, 4.69) is 12.2 Å². The zero-order valence-corrected chi connectivity index (χ0v) is 5.61. The van der Waals surface area contributed by atoms with E-state index in [0.717, 1.165) is 5.82 Å². The van der Waals surface area contributed by atoms with E-state index in [1.54, 1.807) is 0 Å². The normalized spacial score (nSPS) is 30.9. The zero-order valence-electron chi connectivity index (χ0n) is 5.61. The molecule has 0 aromatic carbocycles. The highest BCUT2D eigenvalue weighted by Gasteiger charge is 2.06. The van der Waals surface area contributed by atoms with Gasteiger partial charge >= 0.3 is 0 Å². The van der Waals surface area contributed by atoms with Gasteiger partial charge in [-0.25, -0.2) is 0 Å². The van der Waals surface area contributed by atoms with Gasteiger partial charge in [0.2, 0.25) is 0 Å². The lowest BCUT2D eigenvalue weighted by Gasteiger charge is -2.00. The fraction of sp³-hybridized carbons (Fsp3) is 1.00. The Morgan fingerprint density at radius 3 is 3.25 bits per heavy atom. The van der Waals surface area contributed by atoms with Crippen LogP contribution in [0, 0.1) is 0 Å². The van der Waals surface area contributed by atoms with Crippen molar-refractivity contribution in [1.82, 2.24) is 5.32 Å². The third-order valence-electron chi connectivity index (χ3n) is 1.86. The highest BCUT2D eigenvalue weighted by Crippen LogP contribution is 2.09. The van der Waals surface area contributed by atoms with Crippen LogP contribution >= 0.6 is 0 Å². The SMILES string of the molecule is CC1BCCNCC1. The number of nitrogens with one attached hydrogen (secondary N) is 1. The first-order valence-electron chi connectivity index (χ1n) is 3.60. The second-order valence-corrected chi connectivity index (χ2v) is 2.79. The van der Waals surface area contributed by atoms with E-state index in [-0.39, 0.29) is 0 Å². The summed E-state index contributed by atoms with van der Waals surface area (Å²) in [6.45, 7) is 4.82. The second kappa shape index (κ2) is 3.13. The van der Waals surface area contributed by atoms with Crippen molar-refractivity contribution in [2.45, 2.75) is 25.5 Å². The predicted molar refractivity (Wildman–Crippen MR) is 38.9 cm³/mol. The molecule has 46 valence electrons. The second-order valence-electron chi connectivity index (χ2n) is 2.79. The van der Waals surface area contributed by atoms with E-state index >= 15 is 0 Å². The number of hydrogen-bond acceptors (Lipinski definition) is 1. The summed E-state index contributed by atoms with van der Waals surface area (Å²) in [5.74, 6) is 0.963. The quantitative estimate of drug-likeness (QED) is 0.452. The third kappa shape index (κ3) is 1.87. The first kappa shape index (κ1) is 6.15. The van der Waals surface area contributed by atoms with Crippen LogP contribution in [0.1, 0.15) is 13.3 Å². The van der Waals surface area contributed by atoms with Gasteiger partial charge in [-0.05, 0) is 19.5 Å². The van der Waals surface area contributed by atoms with Crippen molar-refractivity contribution < 1.29 is 0 Å². The molecule has 1 aliphatic heterocycles. The molecule has 0 aliphatic carbocycles. The molecule has 1 fully saturated rings. The van der Waals surface area contributed by atoms with E-state index in [9.17, 15) is 0 Å². The summed E-state index contributed by atoms with van der Waals surface area (Å²) in [7, 11) is 1.42. The monoisotopic (exact) mass is 111 g/mol. The van der Waals surface area contributed by atoms with Gasteiger partial charge in [0.05, 0.1) is 0 Å². The predicted octanol–water partition coefficient (Wildman–Crippen LogP) is 0.643. The van der Waals surface area contributed by atoms with Gasteiger partial charge in [-0.1, -0.05) is 19.1 Å². The lowest BCUT2D eigenvalue weighted by Crippen LogP contribution is -2.13. The van der Waals surface area contributed by atoms with Gasteiger partial charge in [-0.2, -0.15) is 0 Å². The molecule has 0 aromatic heterocycles. The zero-order chi connectivity index (χ0) is 5.82. The largest absolute Gasteiger partial charge is 0.317 e. The molecule has 1 N–H and O–H groups in total. The summed E-state index contributed by atoms with van der Waals surface area (Å²) < 4.78 is 0. The molecule has 1 heterocycles. The fourth-order valence-corrected chi connectivity index (χ4v) is 1.19. The highest BCUT2D eigenvalue weighted by atomic mass is 14.8. The van der Waals surface area contributed by atoms with Gasteiger partial charge in [-0.3, -0.25) is 0 Å². The van der Waals surface area contributed by atoms with E-state index in [0.29, 0.717) is 0 Å². The van der Waals surface area contributed by atoms with Crippen molar-refractivity contribution in [2.24, 2.45) is 0 Å². The van der Waals surface area contributed by atoms with Crippen LogP contribution in [-0.4, -0.2) is 20.4 Å². The standard InChI is InChI=1S/C6H14BN/c1-6-2-4-8-5-3-7-6/h6-8H,2-5H2,1H3. The van der Waals surface area contributed by atoms with E-state index in [1.165, 1.54) is 33.1 Å². The van der Waals surface area contributed by atoms with Crippen LogP contribution in [0.2, 0.25) is 12.1 Å². The molecule has 0 aromatic rings. The average molecular weight is 111 g/mol. The third-order valence-corrected chi connectivity index (χ3v) is 1.86. The maximum atomic E-state index is 3.38. The van der Waals surface area contributed by atoms with Crippen LogP contribution in [0.4, 0.5) is 0 Å². The van der Waals surface area contributed by atoms with Crippen molar-refractivity contribution in [1.29, 1.82) is 0 Å². The van der Waals surface area contributed by atoms with Crippen LogP contribution in [0.5, 0.6) is 0 Å². The summed E-state index contributed by atoms with van der Waals surface area (Å²) >= 11 is 0. The minimum atomic E-state index is 0.963. The van der Waals surface area contributed by atoms with Crippen molar-refractivity contribution in [3.05, 3.63) is 0 Å². The van der Waals surface area contributed by atoms with Crippen LogP contribution < -0.4 is 5.32 Å². The Kier molecular flexibility index (Phi) is 2.41. The molecule has 8 heavy (non-hydrogen) atoms. The van der Waals surface area contributed by atoms with Gasteiger partial charge in [0.15, 0.2) is 0 Å². The Balaban J connectivity index is 2.17. The molecule has 0 saturated carbocycles. The van der Waals surface area contributed by atoms with Crippen molar-refractivity contribution in [3.8, 4) is 0 Å². The Bertz CT molecular complexity index is 57.5. The van der Waals surface area contributed by atoms with Crippen molar-refractivity contribution in [3.63, 3.8) is 0 Å². The molecule has 0 radical (unpaired) electrons. The smallest absolute Gasteiger partial charge is 0.125 e. The molecule has 1 rings (SSSR count). The summed E-state index contributed by atoms with van der Waals surface area (Å²) in [6, 6.07) is 0. The average Bonchev–Trinajstić information content (AvgIpc) is 1.94. The molecular formula is C6H14BN. The Morgan fingerprint density at radius 1 is 1.50 bits per heavy atom. The molecule has 1 atom stereocenters. The van der Waals surface area contributed by atoms with Crippen LogP contribution in [0.3, 0.4) is 0 Å². The van der Waals surface area contributed by atoms with Crippen molar-refractivity contribution in [2.75, 3.05) is 13.1 Å². The molecule has 1 nitrogen and oxygen atoms in total. The lowest BCUT2D eigenvalue weighted by atomic mass is 9.62. The summed E-state index contributed by atoms with van der Waals surface area (Å²) in [6.07, 6.45) is 2.75. The molecule has 1 saturated heterocycles. The van der Waals surface area contributed by atoms with Crippen LogP contribution in [-0.2, 0) is 0 Å². The van der Waals surface area contributed by atoms with Crippen LogP contribution in [0.25, 0.3) is 0 Å². The van der Waals surface area contributed by atoms with Gasteiger partial charge in [0, 0.05) is 0 Å². The molecule has 2 heteroatoms. The van der Waals surface area contributed by atoms with E-state index in [1.807, 2.05) is 0 Å². The molecule has 1 unspecified atom stereocenters. The van der Waals surface area contributed by atoms with E-state index < -0.39 is 0 Å². The minimum absolute atomic E-state index is 0.963. The Labute approximate surface area is 52.1 Å². The molecular weight excluding hydrogens is 96.9 g/mol. The van der Waals surface area contributed by atoms with Gasteiger partial charge in [-0.15, -0.1) is 0 Å². The molecule has 1 aliphatic rings. The van der Waals surface area contributed by atoms with Gasteiger partial charge < -0.3 is 5.32 Å². The maximum Gasteiger partial charge on any atom is 0.125 e. The van der Waals surface area contributed by atoms with E-state index in [4.69, 9.17) is 0 Å².